The van der Waals surface area contributed by atoms with Gasteiger partial charge in [-0.2, -0.15) is 0 Å². The Labute approximate surface area is 332 Å². The van der Waals surface area contributed by atoms with Crippen molar-refractivity contribution in [1.82, 2.24) is 14.5 Å². The summed E-state index contributed by atoms with van der Waals surface area (Å²) in [5.74, 6) is 0.701. The van der Waals surface area contributed by atoms with E-state index >= 15 is 0 Å². The molecule has 0 spiro atoms. The topological polar surface area (TPSA) is 34.0 Å². The second-order valence-electron chi connectivity index (χ2n) is 14.3. The van der Waals surface area contributed by atoms with Crippen LogP contribution >= 0.6 is 0 Å². The number of aromatic nitrogens is 3. The number of fused-ring (bicyclic) bond motifs is 4. The molecule has 1 aliphatic heterocycles. The van der Waals surface area contributed by atoms with E-state index < -0.39 is 0 Å². The number of anilines is 2. The van der Waals surface area contributed by atoms with Gasteiger partial charge in [-0.15, -0.1) is 0 Å². The highest BCUT2D eigenvalue weighted by molar-refractivity contribution is 6.09. The molecule has 0 fully saturated rings. The van der Waals surface area contributed by atoms with Gasteiger partial charge in [0.1, 0.15) is 0 Å². The van der Waals surface area contributed by atoms with Crippen molar-refractivity contribution in [2.24, 2.45) is 0 Å². The number of para-hydroxylation sites is 4. The van der Waals surface area contributed by atoms with Crippen LogP contribution in [-0.4, -0.2) is 21.1 Å². The maximum atomic E-state index is 5.11. The first-order chi connectivity index (χ1) is 28.2. The van der Waals surface area contributed by atoms with E-state index in [-0.39, 0.29) is 0 Å². The van der Waals surface area contributed by atoms with E-state index in [9.17, 15) is 0 Å². The van der Waals surface area contributed by atoms with Gasteiger partial charge in [0, 0.05) is 45.3 Å². The van der Waals surface area contributed by atoms with Gasteiger partial charge < -0.3 is 9.47 Å². The molecule has 0 aliphatic carbocycles. The third kappa shape index (κ3) is 6.33. The molecule has 0 atom stereocenters. The maximum Gasteiger partial charge on any atom is 0.160 e. The van der Waals surface area contributed by atoms with Gasteiger partial charge in [0.2, 0.25) is 0 Å². The van der Waals surface area contributed by atoms with Crippen LogP contribution in [0.2, 0.25) is 0 Å². The lowest BCUT2D eigenvalue weighted by Gasteiger charge is -2.29. The van der Waals surface area contributed by atoms with Crippen molar-refractivity contribution < 1.29 is 0 Å². The largest absolute Gasteiger partial charge is 0.335 e. The van der Waals surface area contributed by atoms with Gasteiger partial charge in [-0.1, -0.05) is 164 Å². The van der Waals surface area contributed by atoms with E-state index in [4.69, 9.17) is 9.97 Å². The zero-order valence-corrected chi connectivity index (χ0v) is 31.3. The summed E-state index contributed by atoms with van der Waals surface area (Å²) >= 11 is 0. The first kappa shape index (κ1) is 34.0. The van der Waals surface area contributed by atoms with Crippen LogP contribution in [0.5, 0.6) is 0 Å². The second kappa shape index (κ2) is 14.6. The summed E-state index contributed by atoms with van der Waals surface area (Å²) < 4.78 is 2.41. The van der Waals surface area contributed by atoms with Crippen LogP contribution < -0.4 is 4.90 Å². The molecule has 7 aromatic carbocycles. The molecule has 0 unspecified atom stereocenters. The van der Waals surface area contributed by atoms with Crippen LogP contribution in [0, 0.1) is 0 Å². The number of hydrogen-bond acceptors (Lipinski definition) is 3. The minimum Gasteiger partial charge on any atom is -0.335 e. The van der Waals surface area contributed by atoms with E-state index in [0.29, 0.717) is 12.4 Å². The van der Waals surface area contributed by atoms with Gasteiger partial charge in [0.05, 0.1) is 33.8 Å². The normalized spacial score (nSPS) is 13.8. The molecule has 0 saturated carbocycles. The highest BCUT2D eigenvalue weighted by Crippen LogP contribution is 2.42. The summed E-state index contributed by atoms with van der Waals surface area (Å²) in [6.45, 7) is 5.28. The Hall–Kier alpha value is -7.56. The first-order valence-corrected chi connectivity index (χ1v) is 19.3. The van der Waals surface area contributed by atoms with Crippen molar-refractivity contribution in [3.05, 3.63) is 218 Å². The Morgan fingerprint density at radius 2 is 1.02 bits per heavy atom. The Bertz CT molecular complexity index is 2900. The predicted octanol–water partition coefficient (Wildman–Crippen LogP) is 13.5. The van der Waals surface area contributed by atoms with Gasteiger partial charge in [-0.05, 0) is 65.2 Å². The van der Waals surface area contributed by atoms with Crippen LogP contribution in [0.3, 0.4) is 0 Å². The summed E-state index contributed by atoms with van der Waals surface area (Å²) in [5.41, 5.74) is 14.8. The number of nitrogens with zero attached hydrogens (tertiary/aromatic N) is 4. The van der Waals surface area contributed by atoms with Crippen molar-refractivity contribution in [1.29, 1.82) is 0 Å². The minimum atomic E-state index is 0.689. The summed E-state index contributed by atoms with van der Waals surface area (Å²) in [6, 6.07) is 64.1. The zero-order valence-electron chi connectivity index (χ0n) is 31.3. The minimum absolute atomic E-state index is 0.689. The van der Waals surface area contributed by atoms with Crippen LogP contribution in [0.1, 0.15) is 5.56 Å². The van der Waals surface area contributed by atoms with E-state index in [1.54, 1.807) is 0 Å². The van der Waals surface area contributed by atoms with E-state index in [1.807, 2.05) is 36.4 Å². The summed E-state index contributed by atoms with van der Waals surface area (Å²) in [6.07, 6.45) is 8.53. The average molecular weight is 731 g/mol. The molecule has 4 nitrogen and oxygen atoms in total. The molecule has 0 bridgehead atoms. The molecular formula is C53H38N4. The maximum absolute atomic E-state index is 5.11. The molecule has 0 radical (unpaired) electrons. The van der Waals surface area contributed by atoms with Gasteiger partial charge in [-0.25, -0.2) is 9.97 Å². The lowest BCUT2D eigenvalue weighted by atomic mass is 9.95. The number of hydrogen-bond donors (Lipinski definition) is 0. The number of benzene rings is 7. The molecule has 1 aliphatic rings. The second-order valence-corrected chi connectivity index (χ2v) is 14.3. The Morgan fingerprint density at radius 3 is 1.75 bits per heavy atom. The van der Waals surface area contributed by atoms with Crippen molar-refractivity contribution in [2.75, 3.05) is 11.4 Å². The van der Waals surface area contributed by atoms with Gasteiger partial charge in [0.15, 0.2) is 5.82 Å². The molecular weight excluding hydrogens is 693 g/mol. The van der Waals surface area contributed by atoms with Crippen molar-refractivity contribution in [3.8, 4) is 50.7 Å². The summed E-state index contributed by atoms with van der Waals surface area (Å²) in [4.78, 5) is 12.5. The quantitative estimate of drug-likeness (QED) is 0.171. The predicted molar refractivity (Wildman–Crippen MR) is 239 cm³/mol. The third-order valence-electron chi connectivity index (χ3n) is 10.8. The van der Waals surface area contributed by atoms with Crippen LogP contribution in [0.15, 0.2) is 213 Å². The fourth-order valence-electron chi connectivity index (χ4n) is 8.03. The Balaban J connectivity index is 1.09. The van der Waals surface area contributed by atoms with Crippen LogP contribution in [-0.2, 0) is 0 Å². The zero-order chi connectivity index (χ0) is 38.1. The lowest BCUT2D eigenvalue weighted by molar-refractivity contribution is 1.06. The molecule has 57 heavy (non-hydrogen) atoms. The molecule has 3 heterocycles. The molecule has 0 saturated heterocycles. The van der Waals surface area contributed by atoms with Crippen LogP contribution in [0.25, 0.3) is 78.1 Å². The number of rotatable bonds is 6. The average Bonchev–Trinajstić information content (AvgIpc) is 3.65. The Kier molecular flexibility index (Phi) is 8.69. The molecule has 10 rings (SSSR count). The monoisotopic (exact) mass is 730 g/mol. The van der Waals surface area contributed by atoms with Crippen molar-refractivity contribution in [3.63, 3.8) is 0 Å². The molecule has 4 heteroatoms. The van der Waals surface area contributed by atoms with Crippen LogP contribution in [0.4, 0.5) is 11.4 Å². The molecule has 0 amide bonds. The number of allylic oxidation sites excluding steroid dienone is 4. The Morgan fingerprint density at radius 1 is 0.439 bits per heavy atom. The fourth-order valence-corrected chi connectivity index (χ4v) is 8.03. The van der Waals surface area contributed by atoms with Gasteiger partial charge in [-0.3, -0.25) is 0 Å². The van der Waals surface area contributed by atoms with Crippen molar-refractivity contribution in [2.45, 2.75) is 0 Å². The first-order valence-electron chi connectivity index (χ1n) is 19.3. The van der Waals surface area contributed by atoms with Gasteiger partial charge >= 0.3 is 0 Å². The molecule has 0 N–H and O–H groups in total. The highest BCUT2D eigenvalue weighted by Gasteiger charge is 2.21. The lowest BCUT2D eigenvalue weighted by Crippen LogP contribution is -2.20. The third-order valence-corrected chi connectivity index (χ3v) is 10.8. The molecule has 2 aromatic heterocycles. The summed E-state index contributed by atoms with van der Waals surface area (Å²) in [7, 11) is 0. The smallest absolute Gasteiger partial charge is 0.160 e. The highest BCUT2D eigenvalue weighted by atomic mass is 15.2. The standard InChI is InChI=1S/C53H38N4/c1-37-18-5-4-16-33-56(51-29-14-15-30-52(51)57-49-27-12-10-25-43(49)44-26-11-13-28-50(44)57)48-32-31-41(35-45(37)48)40-23-17-24-42(34-40)47-36-46(38-19-6-2-7-20-38)54-53(55-47)39-21-8-3-9-22-39/h2-32,34-36H,1,33H2/b16-4-,18-5-. The summed E-state index contributed by atoms with van der Waals surface area (Å²) in [5, 5.41) is 2.48. The van der Waals surface area contributed by atoms with E-state index in [0.717, 1.165) is 67.4 Å². The molecule has 9 aromatic rings. The van der Waals surface area contributed by atoms with E-state index in [1.165, 1.54) is 21.8 Å². The SMILES string of the molecule is C=C1/C=C\C=C/CN(c2ccccc2-n2c3ccccc3c3ccccc32)c2ccc(-c3cccc(-c4cc(-c5ccccc5)nc(-c5ccccc5)n4)c3)cc21. The van der Waals surface area contributed by atoms with Crippen molar-refractivity contribution >= 4 is 38.8 Å². The molecule has 270 valence electrons. The fraction of sp³-hybridized carbons (Fsp3) is 0.0189. The van der Waals surface area contributed by atoms with Gasteiger partial charge in [0.25, 0.3) is 0 Å². The van der Waals surface area contributed by atoms with E-state index in [2.05, 4.69) is 186 Å².